The second kappa shape index (κ2) is 4.21. The predicted molar refractivity (Wildman–Crippen MR) is 51.2 cm³/mol. The lowest BCUT2D eigenvalue weighted by atomic mass is 9.62. The zero-order valence-corrected chi connectivity index (χ0v) is 7.40. The van der Waals surface area contributed by atoms with Crippen LogP contribution >= 0.6 is 0 Å². The van der Waals surface area contributed by atoms with Crippen LogP contribution in [0.3, 0.4) is 0 Å². The Labute approximate surface area is 77.1 Å². The Hall–Kier alpha value is -1.13. The third-order valence-corrected chi connectivity index (χ3v) is 1.91. The summed E-state index contributed by atoms with van der Waals surface area (Å²) in [5.74, 6) is 0. The average Bonchev–Trinajstić information content (AvgIpc) is 2.16. The molecule has 0 aliphatic carbocycles. The summed E-state index contributed by atoms with van der Waals surface area (Å²) in [6, 6.07) is 4.92. The van der Waals surface area contributed by atoms with Gasteiger partial charge in [-0.3, -0.25) is 4.79 Å². The summed E-state index contributed by atoms with van der Waals surface area (Å²) in [5.41, 5.74) is 1.69. The summed E-state index contributed by atoms with van der Waals surface area (Å²) in [7, 11) is 0. The second-order valence-corrected chi connectivity index (χ2v) is 2.92. The van der Waals surface area contributed by atoms with Crippen LogP contribution in [0.1, 0.15) is 15.9 Å². The van der Waals surface area contributed by atoms with E-state index in [1.54, 1.807) is 25.0 Å². The number of benzene rings is 1. The van der Waals surface area contributed by atoms with Gasteiger partial charge in [0, 0.05) is 5.56 Å². The number of aliphatic hydroxyl groups excluding tert-OH is 1. The van der Waals surface area contributed by atoms with Crippen molar-refractivity contribution in [2.75, 3.05) is 0 Å². The van der Waals surface area contributed by atoms with Crippen molar-refractivity contribution in [3.63, 3.8) is 0 Å². The van der Waals surface area contributed by atoms with Gasteiger partial charge in [-0.05, 0) is 17.1 Å². The molecule has 0 amide bonds. The number of carbonyl (C=O) groups excluding carboxylic acids is 1. The van der Waals surface area contributed by atoms with Gasteiger partial charge >= 0.3 is 6.92 Å². The Morgan fingerprint density at radius 2 is 2.23 bits per heavy atom. The molecule has 0 aliphatic rings. The molecule has 0 saturated heterocycles. The highest BCUT2D eigenvalue weighted by atomic mass is 16.3. The van der Waals surface area contributed by atoms with E-state index in [-0.39, 0.29) is 6.61 Å². The van der Waals surface area contributed by atoms with Gasteiger partial charge < -0.3 is 10.1 Å². The van der Waals surface area contributed by atoms with Crippen LogP contribution in [0.25, 0.3) is 0 Å². The van der Waals surface area contributed by atoms with E-state index in [0.29, 0.717) is 22.9 Å². The molecule has 0 fully saturated rings. The summed E-state index contributed by atoms with van der Waals surface area (Å²) < 4.78 is 0. The van der Waals surface area contributed by atoms with Crippen molar-refractivity contribution in [3.05, 3.63) is 29.3 Å². The van der Waals surface area contributed by atoms with Crippen LogP contribution in [0.15, 0.2) is 18.2 Å². The summed E-state index contributed by atoms with van der Waals surface area (Å²) >= 11 is 0. The predicted octanol–water partition coefficient (Wildman–Crippen LogP) is -0.188. The van der Waals surface area contributed by atoms with Gasteiger partial charge in [-0.1, -0.05) is 19.0 Å². The van der Waals surface area contributed by atoms with Crippen LogP contribution in [0.2, 0.25) is 6.82 Å². The maximum absolute atomic E-state index is 10.6. The van der Waals surface area contributed by atoms with Gasteiger partial charge in [0.2, 0.25) is 0 Å². The maximum Gasteiger partial charge on any atom is 0.321 e. The highest BCUT2D eigenvalue weighted by molar-refractivity contribution is 6.66. The minimum Gasteiger partial charge on any atom is -0.446 e. The van der Waals surface area contributed by atoms with Crippen molar-refractivity contribution in [2.45, 2.75) is 13.4 Å². The molecular formula is C9H11BO3. The van der Waals surface area contributed by atoms with Crippen LogP contribution in [-0.4, -0.2) is 23.3 Å². The number of hydrogen-bond acceptors (Lipinski definition) is 3. The van der Waals surface area contributed by atoms with Crippen LogP contribution in [-0.2, 0) is 6.61 Å². The first kappa shape index (κ1) is 9.96. The number of hydrogen-bond donors (Lipinski definition) is 2. The minimum absolute atomic E-state index is 0.0963. The molecule has 0 atom stereocenters. The Balaban J connectivity index is 3.15. The Bertz CT molecular complexity index is 310. The molecule has 0 spiro atoms. The molecule has 2 N–H and O–H groups in total. The fraction of sp³-hybridized carbons (Fsp3) is 0.222. The first-order valence-corrected chi connectivity index (χ1v) is 4.06. The van der Waals surface area contributed by atoms with E-state index in [2.05, 4.69) is 0 Å². The SMILES string of the molecule is CB(O)c1ccc(CO)cc1C=O. The largest absolute Gasteiger partial charge is 0.446 e. The normalized spacial score (nSPS) is 9.77. The molecule has 0 aromatic heterocycles. The fourth-order valence-corrected chi connectivity index (χ4v) is 1.21. The third kappa shape index (κ3) is 2.17. The van der Waals surface area contributed by atoms with E-state index < -0.39 is 6.92 Å². The smallest absolute Gasteiger partial charge is 0.321 e. The first-order chi connectivity index (χ1) is 6.19. The molecule has 0 saturated carbocycles. The molecule has 68 valence electrons. The van der Waals surface area contributed by atoms with Crippen LogP contribution in [0.5, 0.6) is 0 Å². The lowest BCUT2D eigenvalue weighted by Crippen LogP contribution is -2.29. The molecule has 0 heterocycles. The molecule has 0 radical (unpaired) electrons. The quantitative estimate of drug-likeness (QED) is 0.498. The standard InChI is InChI=1S/C9H11BO3/c1-10(13)9-3-2-7(5-11)4-8(9)6-12/h2-4,6,11,13H,5H2,1H3. The zero-order chi connectivity index (χ0) is 9.84. The van der Waals surface area contributed by atoms with Crippen molar-refractivity contribution in [1.82, 2.24) is 0 Å². The van der Waals surface area contributed by atoms with Crippen LogP contribution < -0.4 is 5.46 Å². The molecule has 1 aromatic carbocycles. The van der Waals surface area contributed by atoms with Gasteiger partial charge in [0.05, 0.1) is 6.61 Å². The summed E-state index contributed by atoms with van der Waals surface area (Å²) in [6.45, 7) is 0.843. The summed E-state index contributed by atoms with van der Waals surface area (Å²) in [4.78, 5) is 10.6. The molecule has 0 bridgehead atoms. The summed E-state index contributed by atoms with van der Waals surface area (Å²) in [6.07, 6.45) is 0.682. The second-order valence-electron chi connectivity index (χ2n) is 2.92. The average molecular weight is 178 g/mol. The lowest BCUT2D eigenvalue weighted by molar-refractivity contribution is 0.112. The van der Waals surface area contributed by atoms with E-state index in [9.17, 15) is 9.82 Å². The van der Waals surface area contributed by atoms with Gasteiger partial charge in [-0.15, -0.1) is 0 Å². The van der Waals surface area contributed by atoms with Gasteiger partial charge in [0.1, 0.15) is 6.29 Å². The molecule has 13 heavy (non-hydrogen) atoms. The molecule has 3 nitrogen and oxygen atoms in total. The summed E-state index contributed by atoms with van der Waals surface area (Å²) in [5, 5.41) is 18.1. The Morgan fingerprint density at radius 3 is 2.69 bits per heavy atom. The first-order valence-electron chi connectivity index (χ1n) is 4.06. The number of rotatable bonds is 3. The van der Waals surface area contributed by atoms with Gasteiger partial charge in [0.15, 0.2) is 0 Å². The monoisotopic (exact) mass is 178 g/mol. The molecule has 0 unspecified atom stereocenters. The highest BCUT2D eigenvalue weighted by Gasteiger charge is 2.11. The number of carbonyl (C=O) groups is 1. The Morgan fingerprint density at radius 1 is 1.54 bits per heavy atom. The molecule has 1 aromatic rings. The van der Waals surface area contributed by atoms with Crippen LogP contribution in [0, 0.1) is 0 Å². The zero-order valence-electron chi connectivity index (χ0n) is 7.40. The van der Waals surface area contributed by atoms with Crippen molar-refractivity contribution < 1.29 is 14.9 Å². The lowest BCUT2D eigenvalue weighted by Gasteiger charge is -2.05. The molecule has 4 heteroatoms. The highest BCUT2D eigenvalue weighted by Crippen LogP contribution is 2.02. The molecular weight excluding hydrogens is 167 g/mol. The fourth-order valence-electron chi connectivity index (χ4n) is 1.21. The topological polar surface area (TPSA) is 57.5 Å². The molecule has 0 aliphatic heterocycles. The van der Waals surface area contributed by atoms with E-state index >= 15 is 0 Å². The number of aliphatic hydroxyl groups is 1. The third-order valence-electron chi connectivity index (χ3n) is 1.91. The van der Waals surface area contributed by atoms with Crippen molar-refractivity contribution >= 4 is 18.7 Å². The van der Waals surface area contributed by atoms with Gasteiger partial charge in [-0.2, -0.15) is 0 Å². The van der Waals surface area contributed by atoms with E-state index in [1.807, 2.05) is 0 Å². The Kier molecular flexibility index (Phi) is 3.22. The van der Waals surface area contributed by atoms with Crippen molar-refractivity contribution in [3.8, 4) is 0 Å². The van der Waals surface area contributed by atoms with Crippen molar-refractivity contribution in [2.24, 2.45) is 0 Å². The number of aldehydes is 1. The molecule has 1 rings (SSSR count). The van der Waals surface area contributed by atoms with Crippen molar-refractivity contribution in [1.29, 1.82) is 0 Å². The van der Waals surface area contributed by atoms with Crippen LogP contribution in [0.4, 0.5) is 0 Å². The van der Waals surface area contributed by atoms with Gasteiger partial charge in [-0.25, -0.2) is 0 Å². The minimum atomic E-state index is -0.659. The van der Waals surface area contributed by atoms with E-state index in [4.69, 9.17) is 5.11 Å². The van der Waals surface area contributed by atoms with E-state index in [0.717, 1.165) is 0 Å². The maximum atomic E-state index is 10.6. The van der Waals surface area contributed by atoms with E-state index in [1.165, 1.54) is 0 Å². The van der Waals surface area contributed by atoms with Gasteiger partial charge in [0.25, 0.3) is 0 Å².